The summed E-state index contributed by atoms with van der Waals surface area (Å²) < 4.78 is 1.25. The Bertz CT molecular complexity index is 734. The van der Waals surface area contributed by atoms with E-state index in [9.17, 15) is 9.59 Å². The number of hydrogen-bond acceptors (Lipinski definition) is 4. The van der Waals surface area contributed by atoms with Crippen LogP contribution >= 0.6 is 0 Å². The van der Waals surface area contributed by atoms with Gasteiger partial charge in [0.2, 0.25) is 5.91 Å². The van der Waals surface area contributed by atoms with Gasteiger partial charge in [-0.05, 0) is 37.0 Å². The van der Waals surface area contributed by atoms with Gasteiger partial charge in [-0.3, -0.25) is 14.6 Å². The van der Waals surface area contributed by atoms with Crippen LogP contribution in [0, 0.1) is 5.92 Å². The first-order valence-electron chi connectivity index (χ1n) is 7.90. The molecule has 1 saturated heterocycles. The molecule has 0 N–H and O–H groups in total. The Morgan fingerprint density at radius 1 is 1.17 bits per heavy atom. The van der Waals surface area contributed by atoms with Gasteiger partial charge in [0.25, 0.3) is 5.56 Å². The molecule has 3 rings (SSSR count). The first-order chi connectivity index (χ1) is 11.1. The van der Waals surface area contributed by atoms with E-state index in [1.165, 1.54) is 10.7 Å². The van der Waals surface area contributed by atoms with E-state index in [2.05, 4.69) is 17.0 Å². The third-order valence-electron chi connectivity index (χ3n) is 4.26. The van der Waals surface area contributed by atoms with Gasteiger partial charge in [0.05, 0.1) is 5.69 Å². The summed E-state index contributed by atoms with van der Waals surface area (Å²) in [6.45, 7) is 3.72. The standard InChI is InChI=1S/C17H20N4O2/c1-13-6-10-20(11-7-13)17(23)12-21-16(22)3-2-15(19-21)14-4-8-18-9-5-14/h2-5,8-9,13H,6-7,10-12H2,1H3. The summed E-state index contributed by atoms with van der Waals surface area (Å²) >= 11 is 0. The molecule has 1 aliphatic heterocycles. The average Bonchev–Trinajstić information content (AvgIpc) is 2.58. The second kappa shape index (κ2) is 6.73. The molecule has 0 atom stereocenters. The van der Waals surface area contributed by atoms with Crippen LogP contribution in [0.25, 0.3) is 11.3 Å². The van der Waals surface area contributed by atoms with Gasteiger partial charge in [0.1, 0.15) is 6.54 Å². The summed E-state index contributed by atoms with van der Waals surface area (Å²) in [7, 11) is 0. The molecule has 1 amide bonds. The zero-order valence-electron chi connectivity index (χ0n) is 13.2. The minimum Gasteiger partial charge on any atom is -0.341 e. The predicted octanol–water partition coefficient (Wildman–Crippen LogP) is 1.56. The van der Waals surface area contributed by atoms with Crippen molar-refractivity contribution >= 4 is 5.91 Å². The van der Waals surface area contributed by atoms with E-state index in [0.29, 0.717) is 11.6 Å². The number of carbonyl (C=O) groups excluding carboxylic acids is 1. The van der Waals surface area contributed by atoms with Crippen LogP contribution in [0.15, 0.2) is 41.5 Å². The molecule has 23 heavy (non-hydrogen) atoms. The van der Waals surface area contributed by atoms with Crippen LogP contribution < -0.4 is 5.56 Å². The number of likely N-dealkylation sites (tertiary alicyclic amines) is 1. The van der Waals surface area contributed by atoms with Crippen molar-refractivity contribution in [3.63, 3.8) is 0 Å². The highest BCUT2D eigenvalue weighted by Gasteiger charge is 2.21. The molecular formula is C17H20N4O2. The first-order valence-corrected chi connectivity index (χ1v) is 7.90. The van der Waals surface area contributed by atoms with Gasteiger partial charge < -0.3 is 4.90 Å². The van der Waals surface area contributed by atoms with Crippen molar-refractivity contribution in [3.05, 3.63) is 47.0 Å². The third-order valence-corrected chi connectivity index (χ3v) is 4.26. The van der Waals surface area contributed by atoms with Gasteiger partial charge in [0.15, 0.2) is 0 Å². The summed E-state index contributed by atoms with van der Waals surface area (Å²) in [5, 5.41) is 4.32. The number of nitrogens with zero attached hydrogens (tertiary/aromatic N) is 4. The largest absolute Gasteiger partial charge is 0.341 e. The van der Waals surface area contributed by atoms with E-state index < -0.39 is 0 Å². The Hall–Kier alpha value is -2.50. The number of rotatable bonds is 3. The monoisotopic (exact) mass is 312 g/mol. The molecule has 0 unspecified atom stereocenters. The molecule has 2 aromatic heterocycles. The number of pyridine rings is 1. The maximum Gasteiger partial charge on any atom is 0.267 e. The van der Waals surface area contributed by atoms with Crippen molar-refractivity contribution in [3.8, 4) is 11.3 Å². The lowest BCUT2D eigenvalue weighted by atomic mass is 9.99. The first kappa shape index (κ1) is 15.4. The number of aromatic nitrogens is 3. The van der Waals surface area contributed by atoms with Crippen LogP contribution in [0.3, 0.4) is 0 Å². The van der Waals surface area contributed by atoms with Gasteiger partial charge in [-0.25, -0.2) is 4.68 Å². The number of hydrogen-bond donors (Lipinski definition) is 0. The summed E-state index contributed by atoms with van der Waals surface area (Å²) in [6.07, 6.45) is 5.38. The lowest BCUT2D eigenvalue weighted by Gasteiger charge is -2.30. The molecule has 0 saturated carbocycles. The van der Waals surface area contributed by atoms with E-state index in [1.54, 1.807) is 18.5 Å². The molecule has 0 aliphatic carbocycles. The van der Waals surface area contributed by atoms with Crippen molar-refractivity contribution in [1.29, 1.82) is 0 Å². The smallest absolute Gasteiger partial charge is 0.267 e. The van der Waals surface area contributed by atoms with E-state index in [4.69, 9.17) is 0 Å². The van der Waals surface area contributed by atoms with Crippen molar-refractivity contribution in [2.24, 2.45) is 5.92 Å². The van der Waals surface area contributed by atoms with Gasteiger partial charge in [-0.15, -0.1) is 0 Å². The van der Waals surface area contributed by atoms with Crippen LogP contribution in [0.1, 0.15) is 19.8 Å². The molecule has 0 bridgehead atoms. The van der Waals surface area contributed by atoms with Crippen LogP contribution in [0.2, 0.25) is 0 Å². The van der Waals surface area contributed by atoms with E-state index in [-0.39, 0.29) is 18.0 Å². The molecule has 3 heterocycles. The topological polar surface area (TPSA) is 68.1 Å². The molecule has 1 aliphatic rings. The Morgan fingerprint density at radius 2 is 1.87 bits per heavy atom. The maximum atomic E-state index is 12.4. The quantitative estimate of drug-likeness (QED) is 0.862. The highest BCUT2D eigenvalue weighted by molar-refractivity contribution is 5.76. The molecular weight excluding hydrogens is 292 g/mol. The van der Waals surface area contributed by atoms with E-state index >= 15 is 0 Å². The van der Waals surface area contributed by atoms with Crippen LogP contribution in [0.4, 0.5) is 0 Å². The highest BCUT2D eigenvalue weighted by Crippen LogP contribution is 2.16. The average molecular weight is 312 g/mol. The Labute approximate surface area is 134 Å². The Kier molecular flexibility index (Phi) is 4.50. The molecule has 2 aromatic rings. The molecule has 120 valence electrons. The molecule has 1 fully saturated rings. The Balaban J connectivity index is 1.77. The van der Waals surface area contributed by atoms with Gasteiger partial charge >= 0.3 is 0 Å². The number of piperidine rings is 1. The van der Waals surface area contributed by atoms with Crippen molar-refractivity contribution < 1.29 is 4.79 Å². The fraction of sp³-hybridized carbons (Fsp3) is 0.412. The molecule has 0 aromatic carbocycles. The highest BCUT2D eigenvalue weighted by atomic mass is 16.2. The molecule has 6 nitrogen and oxygen atoms in total. The third kappa shape index (κ3) is 3.64. The number of carbonyl (C=O) groups is 1. The van der Waals surface area contributed by atoms with Gasteiger partial charge in [-0.1, -0.05) is 6.92 Å². The maximum absolute atomic E-state index is 12.4. The van der Waals surface area contributed by atoms with Crippen molar-refractivity contribution in [2.75, 3.05) is 13.1 Å². The molecule has 6 heteroatoms. The summed E-state index contributed by atoms with van der Waals surface area (Å²) in [4.78, 5) is 30.2. The second-order valence-electron chi connectivity index (χ2n) is 6.01. The van der Waals surface area contributed by atoms with Crippen LogP contribution in [0.5, 0.6) is 0 Å². The molecule has 0 spiro atoms. The summed E-state index contributed by atoms with van der Waals surface area (Å²) in [5.41, 5.74) is 1.27. The zero-order valence-corrected chi connectivity index (χ0v) is 13.2. The summed E-state index contributed by atoms with van der Waals surface area (Å²) in [5.74, 6) is 0.619. The fourth-order valence-corrected chi connectivity index (χ4v) is 2.72. The minimum absolute atomic E-state index is 0.00780. The SMILES string of the molecule is CC1CCN(C(=O)Cn2nc(-c3ccncc3)ccc2=O)CC1. The van der Waals surface area contributed by atoms with Crippen molar-refractivity contribution in [2.45, 2.75) is 26.3 Å². The predicted molar refractivity (Wildman–Crippen MR) is 86.7 cm³/mol. The Morgan fingerprint density at radius 3 is 2.57 bits per heavy atom. The zero-order chi connectivity index (χ0) is 16.2. The fourth-order valence-electron chi connectivity index (χ4n) is 2.72. The summed E-state index contributed by atoms with van der Waals surface area (Å²) in [6, 6.07) is 6.77. The second-order valence-corrected chi connectivity index (χ2v) is 6.01. The normalized spacial score (nSPS) is 15.6. The van der Waals surface area contributed by atoms with Gasteiger partial charge in [-0.2, -0.15) is 5.10 Å². The van der Waals surface area contributed by atoms with E-state index in [1.807, 2.05) is 17.0 Å². The lowest BCUT2D eigenvalue weighted by molar-refractivity contribution is -0.133. The number of amides is 1. The van der Waals surface area contributed by atoms with Crippen LogP contribution in [-0.2, 0) is 11.3 Å². The van der Waals surface area contributed by atoms with Crippen LogP contribution in [-0.4, -0.2) is 38.7 Å². The van der Waals surface area contributed by atoms with Crippen molar-refractivity contribution in [1.82, 2.24) is 19.7 Å². The van der Waals surface area contributed by atoms with E-state index in [0.717, 1.165) is 31.5 Å². The molecule has 0 radical (unpaired) electrons. The van der Waals surface area contributed by atoms with Gasteiger partial charge in [0, 0.05) is 37.1 Å². The minimum atomic E-state index is -0.262. The lowest BCUT2D eigenvalue weighted by Crippen LogP contribution is -2.41.